The zero-order chi connectivity index (χ0) is 22.8. The van der Waals surface area contributed by atoms with E-state index in [-0.39, 0.29) is 23.7 Å². The smallest absolute Gasteiger partial charge is 0.227 e. The van der Waals surface area contributed by atoms with Gasteiger partial charge in [0.25, 0.3) is 0 Å². The number of carbonyl (C=O) groups is 2. The van der Waals surface area contributed by atoms with E-state index in [9.17, 15) is 9.59 Å². The Hall–Kier alpha value is -3.40. The molecule has 0 fully saturated rings. The van der Waals surface area contributed by atoms with Crippen molar-refractivity contribution < 1.29 is 9.59 Å². The number of nitrogens with one attached hydrogen (secondary N) is 2. The minimum Gasteiger partial charge on any atom is -0.351 e. The van der Waals surface area contributed by atoms with Crippen molar-refractivity contribution in [3.8, 4) is 0 Å². The number of hydrogen-bond donors (Lipinski definition) is 2. The third kappa shape index (κ3) is 6.30. The van der Waals surface area contributed by atoms with Crippen LogP contribution < -0.4 is 10.6 Å². The molecule has 2 N–H and O–H groups in total. The molecule has 0 aliphatic heterocycles. The second-order valence-electron chi connectivity index (χ2n) is 8.00. The Labute approximate surface area is 191 Å². The largest absolute Gasteiger partial charge is 0.351 e. The number of amides is 2. The molecule has 3 aromatic rings. The molecule has 4 nitrogen and oxygen atoms in total. The lowest BCUT2D eigenvalue weighted by molar-refractivity contribution is -0.123. The third-order valence-corrected chi connectivity index (χ3v) is 5.81. The summed E-state index contributed by atoms with van der Waals surface area (Å²) in [6, 6.07) is 27.8. The van der Waals surface area contributed by atoms with Gasteiger partial charge in [0.15, 0.2) is 0 Å². The highest BCUT2D eigenvalue weighted by atomic mass is 16.2. The van der Waals surface area contributed by atoms with Gasteiger partial charge in [0.05, 0.1) is 11.8 Å². The molecule has 2 atom stereocenters. The van der Waals surface area contributed by atoms with Crippen LogP contribution in [0.3, 0.4) is 0 Å². The van der Waals surface area contributed by atoms with Gasteiger partial charge < -0.3 is 10.6 Å². The Balaban J connectivity index is 1.50. The van der Waals surface area contributed by atoms with E-state index in [2.05, 4.69) is 10.6 Å². The molecule has 0 aliphatic rings. The SMILES string of the molecule is CCC(C(=O)NCc1ccc(CNC(=O)C(CC)c2ccccc2)cc1)c1ccccc1. The van der Waals surface area contributed by atoms with Gasteiger partial charge in [0, 0.05) is 13.1 Å². The standard InChI is InChI=1S/C28H32N2O2/c1-3-25(23-11-7-5-8-12-23)27(31)29-19-21-15-17-22(18-16-21)20-30-28(32)26(4-2)24-13-9-6-10-14-24/h5-18,25-26H,3-4,19-20H2,1-2H3,(H,29,31)(H,30,32). The molecule has 0 aromatic heterocycles. The Morgan fingerprint density at radius 3 is 1.25 bits per heavy atom. The van der Waals surface area contributed by atoms with Crippen molar-refractivity contribution in [1.82, 2.24) is 10.6 Å². The topological polar surface area (TPSA) is 58.2 Å². The van der Waals surface area contributed by atoms with Crippen LogP contribution in [0, 0.1) is 0 Å². The lowest BCUT2D eigenvalue weighted by Crippen LogP contribution is -2.29. The first-order valence-electron chi connectivity index (χ1n) is 11.4. The second-order valence-corrected chi connectivity index (χ2v) is 8.00. The summed E-state index contributed by atoms with van der Waals surface area (Å²) in [6.07, 6.45) is 1.52. The van der Waals surface area contributed by atoms with Crippen molar-refractivity contribution >= 4 is 11.8 Å². The summed E-state index contributed by atoms with van der Waals surface area (Å²) in [5, 5.41) is 6.10. The molecule has 0 bridgehead atoms. The fourth-order valence-corrected chi connectivity index (χ4v) is 3.92. The molecule has 4 heteroatoms. The highest BCUT2D eigenvalue weighted by molar-refractivity contribution is 5.84. The number of rotatable bonds is 10. The predicted octanol–water partition coefficient (Wildman–Crippen LogP) is 5.31. The Bertz CT molecular complexity index is 902. The van der Waals surface area contributed by atoms with E-state index in [4.69, 9.17) is 0 Å². The minimum atomic E-state index is -0.137. The highest BCUT2D eigenvalue weighted by Gasteiger charge is 2.19. The summed E-state index contributed by atoms with van der Waals surface area (Å²) < 4.78 is 0. The first-order chi connectivity index (χ1) is 15.6. The maximum absolute atomic E-state index is 12.6. The molecule has 0 aliphatic carbocycles. The Morgan fingerprint density at radius 2 is 0.938 bits per heavy atom. The van der Waals surface area contributed by atoms with Gasteiger partial charge in [-0.3, -0.25) is 9.59 Å². The number of benzene rings is 3. The summed E-state index contributed by atoms with van der Waals surface area (Å²) in [4.78, 5) is 25.3. The molecule has 2 unspecified atom stereocenters. The van der Waals surface area contributed by atoms with Gasteiger partial charge in [0.2, 0.25) is 11.8 Å². The maximum atomic E-state index is 12.6. The van der Waals surface area contributed by atoms with Crippen LogP contribution >= 0.6 is 0 Å². The van der Waals surface area contributed by atoms with Crippen LogP contribution in [-0.4, -0.2) is 11.8 Å². The summed E-state index contributed by atoms with van der Waals surface area (Å²) >= 11 is 0. The normalized spacial score (nSPS) is 12.6. The number of carbonyl (C=O) groups excluding carboxylic acids is 2. The average Bonchev–Trinajstić information content (AvgIpc) is 2.84. The Kier molecular flexibility index (Phi) is 8.61. The van der Waals surface area contributed by atoms with Crippen molar-refractivity contribution in [2.24, 2.45) is 0 Å². The van der Waals surface area contributed by atoms with Gasteiger partial charge in [-0.25, -0.2) is 0 Å². The van der Waals surface area contributed by atoms with Crippen LogP contribution in [0.15, 0.2) is 84.9 Å². The molecule has 0 saturated carbocycles. The van der Waals surface area contributed by atoms with Crippen molar-refractivity contribution in [3.63, 3.8) is 0 Å². The lowest BCUT2D eigenvalue weighted by atomic mass is 9.95. The maximum Gasteiger partial charge on any atom is 0.227 e. The van der Waals surface area contributed by atoms with Gasteiger partial charge in [-0.1, -0.05) is 98.8 Å². The van der Waals surface area contributed by atoms with Crippen LogP contribution in [0.2, 0.25) is 0 Å². The van der Waals surface area contributed by atoms with Crippen LogP contribution in [0.25, 0.3) is 0 Å². The highest BCUT2D eigenvalue weighted by Crippen LogP contribution is 2.20. The molecular formula is C28H32N2O2. The van der Waals surface area contributed by atoms with E-state index >= 15 is 0 Å². The average molecular weight is 429 g/mol. The summed E-state index contributed by atoms with van der Waals surface area (Å²) in [5.74, 6) is -0.188. The van der Waals surface area contributed by atoms with Gasteiger partial charge >= 0.3 is 0 Å². The third-order valence-electron chi connectivity index (χ3n) is 5.81. The molecular weight excluding hydrogens is 396 g/mol. The molecule has 0 radical (unpaired) electrons. The zero-order valence-corrected chi connectivity index (χ0v) is 18.9. The van der Waals surface area contributed by atoms with Gasteiger partial charge in [-0.15, -0.1) is 0 Å². The van der Waals surface area contributed by atoms with E-state index in [1.165, 1.54) is 0 Å². The molecule has 3 rings (SSSR count). The fourth-order valence-electron chi connectivity index (χ4n) is 3.92. The first kappa shape index (κ1) is 23.3. The van der Waals surface area contributed by atoms with Gasteiger partial charge in [-0.05, 0) is 35.1 Å². The second kappa shape index (κ2) is 11.8. The van der Waals surface area contributed by atoms with Crippen LogP contribution in [0.1, 0.15) is 60.8 Å². The minimum absolute atomic E-state index is 0.0431. The zero-order valence-electron chi connectivity index (χ0n) is 18.9. The predicted molar refractivity (Wildman–Crippen MR) is 129 cm³/mol. The summed E-state index contributed by atoms with van der Waals surface area (Å²) in [7, 11) is 0. The van der Waals surface area contributed by atoms with E-state index in [0.29, 0.717) is 13.1 Å². The molecule has 0 saturated heterocycles. The monoisotopic (exact) mass is 428 g/mol. The summed E-state index contributed by atoms with van der Waals surface area (Å²) in [6.45, 7) is 5.03. The van der Waals surface area contributed by atoms with Crippen LogP contribution in [0.5, 0.6) is 0 Å². The Morgan fingerprint density at radius 1 is 0.594 bits per heavy atom. The lowest BCUT2D eigenvalue weighted by Gasteiger charge is -2.16. The van der Waals surface area contributed by atoms with Crippen molar-refractivity contribution in [2.45, 2.75) is 51.6 Å². The molecule has 2 amide bonds. The van der Waals surface area contributed by atoms with Crippen LogP contribution in [-0.2, 0) is 22.7 Å². The van der Waals surface area contributed by atoms with E-state index in [1.807, 2.05) is 98.8 Å². The fraction of sp³-hybridized carbons (Fsp3) is 0.286. The van der Waals surface area contributed by atoms with Gasteiger partial charge in [-0.2, -0.15) is 0 Å². The molecule has 166 valence electrons. The van der Waals surface area contributed by atoms with E-state index < -0.39 is 0 Å². The summed E-state index contributed by atoms with van der Waals surface area (Å²) in [5.41, 5.74) is 4.15. The van der Waals surface area contributed by atoms with E-state index in [0.717, 1.165) is 35.1 Å². The first-order valence-corrected chi connectivity index (χ1v) is 11.4. The molecule has 3 aromatic carbocycles. The van der Waals surface area contributed by atoms with Crippen molar-refractivity contribution in [1.29, 1.82) is 0 Å². The van der Waals surface area contributed by atoms with E-state index in [1.54, 1.807) is 0 Å². The van der Waals surface area contributed by atoms with Crippen molar-refractivity contribution in [2.75, 3.05) is 0 Å². The molecule has 32 heavy (non-hydrogen) atoms. The number of hydrogen-bond acceptors (Lipinski definition) is 2. The van der Waals surface area contributed by atoms with Gasteiger partial charge in [0.1, 0.15) is 0 Å². The molecule has 0 heterocycles. The quantitative estimate of drug-likeness (QED) is 0.460. The molecule has 0 spiro atoms. The van der Waals surface area contributed by atoms with Crippen molar-refractivity contribution in [3.05, 3.63) is 107 Å². The van der Waals surface area contributed by atoms with Crippen LogP contribution in [0.4, 0.5) is 0 Å².